The van der Waals surface area contributed by atoms with Gasteiger partial charge in [0.05, 0.1) is 5.41 Å². The lowest BCUT2D eigenvalue weighted by atomic mass is 9.81. The highest BCUT2D eigenvalue weighted by molar-refractivity contribution is 8.04. The van der Waals surface area contributed by atoms with Crippen LogP contribution in [0.15, 0.2) is 98.9 Å². The number of para-hydroxylation sites is 2. The number of hydrogen-bond acceptors (Lipinski definition) is 5. The third kappa shape index (κ3) is 4.42. The zero-order chi connectivity index (χ0) is 28.2. The first kappa shape index (κ1) is 27.0. The van der Waals surface area contributed by atoms with Gasteiger partial charge < -0.3 is 4.90 Å². The molecule has 3 heterocycles. The van der Waals surface area contributed by atoms with E-state index in [4.69, 9.17) is 0 Å². The molecule has 0 fully saturated rings. The molecule has 0 amide bonds. The molecule has 6 rings (SSSR count). The van der Waals surface area contributed by atoms with E-state index in [0.717, 1.165) is 22.2 Å². The van der Waals surface area contributed by atoms with Gasteiger partial charge in [0.15, 0.2) is 10.1 Å². The molecule has 40 heavy (non-hydrogen) atoms. The Kier molecular flexibility index (Phi) is 6.75. The molecule has 0 radical (unpaired) electrons. The number of hydrogen-bond donors (Lipinski definition) is 0. The van der Waals surface area contributed by atoms with Crippen molar-refractivity contribution in [2.75, 3.05) is 19.0 Å². The number of rotatable bonds is 5. The summed E-state index contributed by atoms with van der Waals surface area (Å²) in [6.45, 7) is 11.3. The third-order valence-corrected chi connectivity index (χ3v) is 10.8. The van der Waals surface area contributed by atoms with Crippen LogP contribution in [0.3, 0.4) is 0 Å². The van der Waals surface area contributed by atoms with Crippen molar-refractivity contribution in [2.45, 2.75) is 62.6 Å². The zero-order valence-corrected chi connectivity index (χ0v) is 26.1. The summed E-state index contributed by atoms with van der Waals surface area (Å²) in [4.78, 5) is 3.66. The summed E-state index contributed by atoms with van der Waals surface area (Å²) in [6.07, 6.45) is 11.4. The lowest BCUT2D eigenvalue weighted by molar-refractivity contribution is -0.401. The molecule has 4 nitrogen and oxygen atoms in total. The summed E-state index contributed by atoms with van der Waals surface area (Å²) >= 11 is 3.44. The standard InChI is InChI=1S/C34H37N4S2/c1-22-35-36-32(39-22)40-31-23(18-20-29-33(2,3)25-12-8-10-14-27(25)37(29)6)16-17-24(31)19-21-30-34(4,5)26-13-9-11-15-28(26)38(30)7/h8-15,18-21H,16-17H2,1-7H3/q+1. The van der Waals surface area contributed by atoms with Gasteiger partial charge in [0.2, 0.25) is 5.69 Å². The van der Waals surface area contributed by atoms with Gasteiger partial charge in [-0.25, -0.2) is 0 Å². The van der Waals surface area contributed by atoms with Gasteiger partial charge in [-0.1, -0.05) is 85.5 Å². The molecule has 2 aliphatic heterocycles. The quantitative estimate of drug-likeness (QED) is 0.290. The maximum Gasteiger partial charge on any atom is 0.209 e. The molecule has 0 N–H and O–H groups in total. The van der Waals surface area contributed by atoms with E-state index in [2.05, 4.69) is 134 Å². The van der Waals surface area contributed by atoms with Crippen molar-refractivity contribution in [1.29, 1.82) is 0 Å². The Balaban J connectivity index is 1.38. The fourth-order valence-electron chi connectivity index (χ4n) is 6.52. The molecule has 3 aliphatic rings. The second kappa shape index (κ2) is 10.0. The monoisotopic (exact) mass is 565 g/mol. The summed E-state index contributed by atoms with van der Waals surface area (Å²) in [6, 6.07) is 17.5. The lowest BCUT2D eigenvalue weighted by Crippen LogP contribution is -2.26. The van der Waals surface area contributed by atoms with Crippen molar-refractivity contribution in [3.63, 3.8) is 0 Å². The average molecular weight is 566 g/mol. The molecule has 0 atom stereocenters. The van der Waals surface area contributed by atoms with E-state index in [1.54, 1.807) is 23.1 Å². The van der Waals surface area contributed by atoms with Gasteiger partial charge in [0, 0.05) is 46.5 Å². The van der Waals surface area contributed by atoms with Crippen LogP contribution in [0.4, 0.5) is 11.4 Å². The van der Waals surface area contributed by atoms with Crippen molar-refractivity contribution in [3.05, 3.63) is 111 Å². The number of nitrogens with zero attached hydrogens (tertiary/aromatic N) is 4. The Labute approximate surface area is 246 Å². The number of thioether (sulfide) groups is 1. The van der Waals surface area contributed by atoms with Crippen LogP contribution < -0.4 is 4.90 Å². The van der Waals surface area contributed by atoms with Crippen LogP contribution in [0.5, 0.6) is 0 Å². The maximum atomic E-state index is 4.46. The van der Waals surface area contributed by atoms with Crippen LogP contribution in [0, 0.1) is 6.92 Å². The van der Waals surface area contributed by atoms with Crippen molar-refractivity contribution >= 4 is 40.2 Å². The van der Waals surface area contributed by atoms with Gasteiger partial charge >= 0.3 is 0 Å². The van der Waals surface area contributed by atoms with Gasteiger partial charge in [-0.05, 0) is 62.5 Å². The number of benzene rings is 2. The van der Waals surface area contributed by atoms with Crippen molar-refractivity contribution < 1.29 is 4.58 Å². The van der Waals surface area contributed by atoms with Crippen molar-refractivity contribution in [3.8, 4) is 0 Å². The number of fused-ring (bicyclic) bond motifs is 2. The summed E-state index contributed by atoms with van der Waals surface area (Å²) in [5.41, 5.74) is 10.7. The van der Waals surface area contributed by atoms with Gasteiger partial charge in [-0.2, -0.15) is 4.58 Å². The first-order valence-corrected chi connectivity index (χ1v) is 15.6. The number of aromatic nitrogens is 2. The second-order valence-electron chi connectivity index (χ2n) is 11.9. The fraction of sp³-hybridized carbons (Fsp3) is 0.324. The van der Waals surface area contributed by atoms with E-state index >= 15 is 0 Å². The van der Waals surface area contributed by atoms with Crippen molar-refractivity contribution in [2.24, 2.45) is 0 Å². The van der Waals surface area contributed by atoms with Crippen LogP contribution in [0.2, 0.25) is 0 Å². The van der Waals surface area contributed by atoms with Crippen LogP contribution in [0.1, 0.15) is 56.7 Å². The summed E-state index contributed by atoms with van der Waals surface area (Å²) < 4.78 is 3.35. The highest BCUT2D eigenvalue weighted by Gasteiger charge is 2.42. The summed E-state index contributed by atoms with van der Waals surface area (Å²) in [5, 5.41) is 9.75. The van der Waals surface area contributed by atoms with E-state index in [-0.39, 0.29) is 10.8 Å². The molecule has 3 aromatic rings. The minimum Gasteiger partial charge on any atom is -0.347 e. The highest BCUT2D eigenvalue weighted by atomic mass is 32.2. The van der Waals surface area contributed by atoms with Crippen LogP contribution >= 0.6 is 23.1 Å². The lowest BCUT2D eigenvalue weighted by Gasteiger charge is -2.23. The predicted octanol–water partition coefficient (Wildman–Crippen LogP) is 8.49. The molecule has 1 aromatic heterocycles. The molecular formula is C34H37N4S2+. The minimum absolute atomic E-state index is 0.0403. The number of anilines is 1. The molecule has 0 unspecified atom stereocenters. The van der Waals surface area contributed by atoms with Gasteiger partial charge in [0.25, 0.3) is 0 Å². The molecule has 0 saturated carbocycles. The second-order valence-corrected chi connectivity index (χ2v) is 14.3. The van der Waals surface area contributed by atoms with Crippen LogP contribution in [-0.4, -0.2) is 34.6 Å². The van der Waals surface area contributed by atoms with Gasteiger partial charge in [-0.3, -0.25) is 0 Å². The normalized spacial score (nSPS) is 21.4. The Bertz CT molecular complexity index is 1660. The van der Waals surface area contributed by atoms with Crippen molar-refractivity contribution in [1.82, 2.24) is 10.2 Å². The molecule has 6 heteroatoms. The molecule has 1 aliphatic carbocycles. The Morgan fingerprint density at radius 3 is 2.33 bits per heavy atom. The van der Waals surface area contributed by atoms with Gasteiger partial charge in [-0.15, -0.1) is 10.2 Å². The Hall–Kier alpha value is -3.22. The van der Waals surface area contributed by atoms with Crippen LogP contribution in [-0.2, 0) is 10.8 Å². The topological polar surface area (TPSA) is 32.0 Å². The first-order chi connectivity index (χ1) is 19.1. The molecular weight excluding hydrogens is 529 g/mol. The minimum atomic E-state index is -0.0403. The summed E-state index contributed by atoms with van der Waals surface area (Å²) in [5.74, 6) is 0. The highest BCUT2D eigenvalue weighted by Crippen LogP contribution is 2.48. The SMILES string of the molecule is Cc1nnc(SC2=C(/C=C/C3=[N+](C)c4ccccc4C3(C)C)CC/C2=C\C=C2\N(C)c3ccccc3C2(C)C)s1. The van der Waals surface area contributed by atoms with E-state index in [1.165, 1.54) is 50.0 Å². The zero-order valence-electron chi connectivity index (χ0n) is 24.4. The van der Waals surface area contributed by atoms with Crippen LogP contribution in [0.25, 0.3) is 0 Å². The fourth-order valence-corrected chi connectivity index (χ4v) is 8.57. The first-order valence-electron chi connectivity index (χ1n) is 13.9. The Morgan fingerprint density at radius 2 is 1.62 bits per heavy atom. The van der Waals surface area contributed by atoms with Gasteiger partial charge in [0.1, 0.15) is 12.1 Å². The number of allylic oxidation sites excluding steroid dienone is 7. The summed E-state index contributed by atoms with van der Waals surface area (Å²) in [7, 11) is 4.37. The molecule has 0 saturated heterocycles. The largest absolute Gasteiger partial charge is 0.347 e. The van der Waals surface area contributed by atoms with E-state index in [1.807, 2.05) is 6.92 Å². The van der Waals surface area contributed by atoms with E-state index < -0.39 is 0 Å². The molecule has 204 valence electrons. The number of aryl methyl sites for hydroxylation is 1. The Morgan fingerprint density at radius 1 is 0.900 bits per heavy atom. The van der Waals surface area contributed by atoms with E-state index in [0.29, 0.717) is 0 Å². The average Bonchev–Trinajstić information content (AvgIpc) is 3.62. The maximum absolute atomic E-state index is 4.46. The molecule has 0 spiro atoms. The van der Waals surface area contributed by atoms with E-state index in [9.17, 15) is 0 Å². The molecule has 2 aromatic carbocycles. The smallest absolute Gasteiger partial charge is 0.209 e. The predicted molar refractivity (Wildman–Crippen MR) is 170 cm³/mol. The third-order valence-electron chi connectivity index (χ3n) is 8.71. The number of likely N-dealkylation sites (N-methyl/N-ethyl adjacent to an activating group) is 1. The molecule has 0 bridgehead atoms.